The Labute approximate surface area is 93.1 Å². The molecule has 0 atom stereocenters. The Morgan fingerprint density at radius 2 is 1.80 bits per heavy atom. The zero-order chi connectivity index (χ0) is 10.2. The quantitative estimate of drug-likeness (QED) is 0.780. The maximum atomic E-state index is 11.0. The predicted octanol–water partition coefficient (Wildman–Crippen LogP) is 1.90. The average molecular weight is 246 g/mol. The second kappa shape index (κ2) is 4.14. The van der Waals surface area contributed by atoms with Gasteiger partial charge in [-0.25, -0.2) is 0 Å². The van der Waals surface area contributed by atoms with Gasteiger partial charge in [0.2, 0.25) is 0 Å². The van der Waals surface area contributed by atoms with E-state index in [1.54, 1.807) is 30.5 Å². The molecule has 80 valence electrons. The van der Waals surface area contributed by atoms with E-state index in [0.717, 1.165) is 6.20 Å². The van der Waals surface area contributed by atoms with Crippen molar-refractivity contribution in [3.63, 3.8) is 0 Å². The van der Waals surface area contributed by atoms with Crippen molar-refractivity contribution in [2.75, 3.05) is 0 Å². The maximum Gasteiger partial charge on any atom is 0.296 e. The van der Waals surface area contributed by atoms with Crippen LogP contribution in [-0.4, -0.2) is 18.0 Å². The first kappa shape index (κ1) is 11.9. The minimum Gasteiger partial charge on any atom is -0.282 e. The van der Waals surface area contributed by atoms with Gasteiger partial charge in [-0.3, -0.25) is 9.54 Å². The molecule has 0 aliphatic heterocycles. The van der Waals surface area contributed by atoms with Crippen molar-refractivity contribution < 1.29 is 13.0 Å². The fourth-order valence-electron chi connectivity index (χ4n) is 1.29. The van der Waals surface area contributed by atoms with Crippen LogP contribution in [-0.2, 0) is 10.1 Å². The highest BCUT2D eigenvalue weighted by molar-refractivity contribution is 7.86. The standard InChI is InChI=1S/C9H7NO3S.ClH/c11-14(12,13)9-6-10-5-7-3-1-2-4-8(7)9;/h1-6H,(H,11,12,13);1H. The molecule has 0 fully saturated rings. The van der Waals surface area contributed by atoms with Crippen LogP contribution < -0.4 is 0 Å². The fraction of sp³-hybridized carbons (Fsp3) is 0. The van der Waals surface area contributed by atoms with Crippen molar-refractivity contribution in [2.24, 2.45) is 0 Å². The Balaban J connectivity index is 0.00000112. The van der Waals surface area contributed by atoms with E-state index >= 15 is 0 Å². The van der Waals surface area contributed by atoms with Gasteiger partial charge >= 0.3 is 0 Å². The summed E-state index contributed by atoms with van der Waals surface area (Å²) in [5.74, 6) is 0. The molecule has 4 nitrogen and oxygen atoms in total. The molecule has 15 heavy (non-hydrogen) atoms. The highest BCUT2D eigenvalue weighted by Crippen LogP contribution is 2.20. The largest absolute Gasteiger partial charge is 0.296 e. The minimum absolute atomic E-state index is 0. The highest BCUT2D eigenvalue weighted by atomic mass is 35.5. The van der Waals surface area contributed by atoms with Gasteiger partial charge in [0.25, 0.3) is 10.1 Å². The molecule has 6 heteroatoms. The van der Waals surface area contributed by atoms with Crippen molar-refractivity contribution in [3.8, 4) is 0 Å². The zero-order valence-corrected chi connectivity index (χ0v) is 9.12. The fourth-order valence-corrected chi connectivity index (χ4v) is 1.95. The number of halogens is 1. The van der Waals surface area contributed by atoms with Crippen LogP contribution >= 0.6 is 12.4 Å². The summed E-state index contributed by atoms with van der Waals surface area (Å²) in [6.07, 6.45) is 2.68. The normalized spacial score (nSPS) is 11.0. The second-order valence-corrected chi connectivity index (χ2v) is 4.22. The third-order valence-electron chi connectivity index (χ3n) is 1.91. The summed E-state index contributed by atoms with van der Waals surface area (Å²) in [6, 6.07) is 6.84. The molecular weight excluding hydrogens is 238 g/mol. The molecule has 1 N–H and O–H groups in total. The molecule has 0 saturated carbocycles. The maximum absolute atomic E-state index is 11.0. The van der Waals surface area contributed by atoms with Crippen molar-refractivity contribution in [1.82, 2.24) is 4.98 Å². The molecule has 0 bridgehead atoms. The Hall–Kier alpha value is -1.17. The van der Waals surface area contributed by atoms with E-state index in [2.05, 4.69) is 4.98 Å². The summed E-state index contributed by atoms with van der Waals surface area (Å²) < 4.78 is 30.8. The number of hydrogen-bond donors (Lipinski definition) is 1. The zero-order valence-electron chi connectivity index (χ0n) is 7.49. The smallest absolute Gasteiger partial charge is 0.282 e. The van der Waals surface area contributed by atoms with Crippen molar-refractivity contribution in [1.29, 1.82) is 0 Å². The van der Waals surface area contributed by atoms with Gasteiger partial charge in [-0.1, -0.05) is 24.3 Å². The number of fused-ring (bicyclic) bond motifs is 1. The summed E-state index contributed by atoms with van der Waals surface area (Å²) in [6.45, 7) is 0. The molecule has 1 aromatic carbocycles. The first-order valence-electron chi connectivity index (χ1n) is 3.89. The second-order valence-electron chi connectivity index (χ2n) is 2.83. The van der Waals surface area contributed by atoms with Gasteiger partial charge in [-0.15, -0.1) is 12.4 Å². The van der Waals surface area contributed by atoms with Crippen LogP contribution in [0.3, 0.4) is 0 Å². The van der Waals surface area contributed by atoms with Crippen molar-refractivity contribution in [2.45, 2.75) is 4.90 Å². The number of hydrogen-bond acceptors (Lipinski definition) is 3. The third-order valence-corrected chi connectivity index (χ3v) is 2.79. The molecule has 0 aliphatic carbocycles. The number of pyridine rings is 1. The van der Waals surface area contributed by atoms with Crippen LogP contribution in [0.2, 0.25) is 0 Å². The summed E-state index contributed by atoms with van der Waals surface area (Å²) >= 11 is 0. The number of aromatic nitrogens is 1. The van der Waals surface area contributed by atoms with E-state index in [1.807, 2.05) is 0 Å². The minimum atomic E-state index is -4.19. The van der Waals surface area contributed by atoms with Crippen LogP contribution in [0.15, 0.2) is 41.6 Å². The SMILES string of the molecule is Cl.O=S(=O)(O)c1cncc2ccccc12. The molecule has 0 unspecified atom stereocenters. The molecule has 2 aromatic rings. The van der Waals surface area contributed by atoms with Crippen molar-refractivity contribution >= 4 is 33.3 Å². The van der Waals surface area contributed by atoms with E-state index in [-0.39, 0.29) is 17.3 Å². The highest BCUT2D eigenvalue weighted by Gasteiger charge is 2.13. The average Bonchev–Trinajstić information content (AvgIpc) is 2.15. The topological polar surface area (TPSA) is 67.3 Å². The molecule has 2 rings (SSSR count). The molecule has 1 aromatic heterocycles. The van der Waals surface area contributed by atoms with E-state index in [0.29, 0.717) is 10.8 Å². The third kappa shape index (κ3) is 2.26. The molecule has 0 saturated heterocycles. The van der Waals surface area contributed by atoms with Gasteiger partial charge in [0, 0.05) is 23.2 Å². The van der Waals surface area contributed by atoms with Gasteiger partial charge in [0.05, 0.1) is 0 Å². The van der Waals surface area contributed by atoms with Gasteiger partial charge in [0.1, 0.15) is 4.90 Å². The molecule has 0 amide bonds. The van der Waals surface area contributed by atoms with E-state index < -0.39 is 10.1 Å². The number of rotatable bonds is 1. The predicted molar refractivity (Wildman–Crippen MR) is 58.8 cm³/mol. The van der Waals surface area contributed by atoms with Gasteiger partial charge in [0.15, 0.2) is 0 Å². The Kier molecular flexibility index (Phi) is 3.28. The lowest BCUT2D eigenvalue weighted by Gasteiger charge is -2.01. The summed E-state index contributed by atoms with van der Waals surface area (Å²) in [4.78, 5) is 3.58. The monoisotopic (exact) mass is 245 g/mol. The van der Waals surface area contributed by atoms with Gasteiger partial charge < -0.3 is 0 Å². The van der Waals surface area contributed by atoms with Crippen LogP contribution in [0, 0.1) is 0 Å². The first-order chi connectivity index (χ1) is 6.59. The van der Waals surface area contributed by atoms with Gasteiger partial charge in [-0.2, -0.15) is 8.42 Å². The Morgan fingerprint density at radius 3 is 2.47 bits per heavy atom. The molecular formula is C9H8ClNO3S. The molecule has 1 heterocycles. The van der Waals surface area contributed by atoms with Crippen LogP contribution in [0.4, 0.5) is 0 Å². The summed E-state index contributed by atoms with van der Waals surface area (Å²) in [5.41, 5.74) is 0. The Morgan fingerprint density at radius 1 is 1.13 bits per heavy atom. The Bertz CT molecular complexity index is 577. The van der Waals surface area contributed by atoms with Crippen LogP contribution in [0.1, 0.15) is 0 Å². The van der Waals surface area contributed by atoms with Crippen LogP contribution in [0.5, 0.6) is 0 Å². The number of benzene rings is 1. The van der Waals surface area contributed by atoms with Crippen LogP contribution in [0.25, 0.3) is 10.8 Å². The van der Waals surface area contributed by atoms with E-state index in [9.17, 15) is 8.42 Å². The summed E-state index contributed by atoms with van der Waals surface area (Å²) in [7, 11) is -4.19. The van der Waals surface area contributed by atoms with Crippen molar-refractivity contribution in [3.05, 3.63) is 36.7 Å². The van der Waals surface area contributed by atoms with E-state index in [4.69, 9.17) is 4.55 Å². The lowest BCUT2D eigenvalue weighted by molar-refractivity contribution is 0.484. The molecule has 0 spiro atoms. The molecule has 0 radical (unpaired) electrons. The van der Waals surface area contributed by atoms with Gasteiger partial charge in [-0.05, 0) is 0 Å². The van der Waals surface area contributed by atoms with E-state index in [1.165, 1.54) is 0 Å². The molecule has 0 aliphatic rings. The first-order valence-corrected chi connectivity index (χ1v) is 5.33. The lowest BCUT2D eigenvalue weighted by Crippen LogP contribution is -1.99. The summed E-state index contributed by atoms with van der Waals surface area (Å²) in [5, 5.41) is 1.16. The number of nitrogens with zero attached hydrogens (tertiary/aromatic N) is 1. The lowest BCUT2D eigenvalue weighted by atomic mass is 10.2.